The number of hydrogen-bond donors (Lipinski definition) is 1. The Hall–Kier alpha value is -1.60. The van der Waals surface area contributed by atoms with Gasteiger partial charge in [-0.2, -0.15) is 0 Å². The molecule has 0 radical (unpaired) electrons. The highest BCUT2D eigenvalue weighted by atomic mass is 14.7. The van der Waals surface area contributed by atoms with Crippen LogP contribution in [-0.2, 0) is 0 Å². The fourth-order valence-electron chi connectivity index (χ4n) is 1.26. The molecule has 0 aliphatic rings. The molecule has 2 rings (SSSR count). The number of hydrogen-bond acceptors (Lipinski definition) is 1. The summed E-state index contributed by atoms with van der Waals surface area (Å²) in [6, 6.07) is 20.8. The molecule has 0 amide bonds. The van der Waals surface area contributed by atoms with E-state index >= 15 is 0 Å². The zero-order chi connectivity index (χ0) is 10.9. The molecule has 1 nitrogen and oxygen atoms in total. The minimum Gasteiger partial charge on any atom is -0.323 e. The first-order chi connectivity index (χ1) is 7.38. The maximum absolute atomic E-state index is 2.75. The summed E-state index contributed by atoms with van der Waals surface area (Å²) in [6.07, 6.45) is 0. The van der Waals surface area contributed by atoms with Crippen LogP contribution in [0.5, 0.6) is 0 Å². The second kappa shape index (κ2) is 6.80. The predicted octanol–water partition coefficient (Wildman–Crippen LogP) is 3.44. The Kier molecular flexibility index (Phi) is 5.20. The van der Waals surface area contributed by atoms with Gasteiger partial charge in [-0.25, -0.2) is 0 Å². The van der Waals surface area contributed by atoms with Crippen LogP contribution in [0.15, 0.2) is 60.7 Å². The highest BCUT2D eigenvalue weighted by Gasteiger charge is 1.91. The van der Waals surface area contributed by atoms with Crippen molar-refractivity contribution in [2.45, 2.75) is 0 Å². The fraction of sp³-hybridized carbons (Fsp3) is 0.143. The summed E-state index contributed by atoms with van der Waals surface area (Å²) in [4.78, 5) is 0. The molecule has 80 valence electrons. The molecule has 0 heterocycles. The third-order valence-electron chi connectivity index (χ3n) is 1.88. The molecule has 0 atom stereocenters. The average Bonchev–Trinajstić information content (AvgIpc) is 2.32. The molecule has 0 spiro atoms. The summed E-state index contributed by atoms with van der Waals surface area (Å²) in [7, 11) is 3.75. The highest BCUT2D eigenvalue weighted by Crippen LogP contribution is 2.17. The quantitative estimate of drug-likeness (QED) is 0.745. The molecule has 1 N–H and O–H groups in total. The van der Waals surface area contributed by atoms with E-state index in [2.05, 4.69) is 53.8 Å². The van der Waals surface area contributed by atoms with Gasteiger partial charge in [0.2, 0.25) is 0 Å². The predicted molar refractivity (Wildman–Crippen MR) is 69.0 cm³/mol. The molecular weight excluding hydrogens is 182 g/mol. The minimum absolute atomic E-state index is 0. The first-order valence-electron chi connectivity index (χ1n) is 5.07. The molecule has 2 aromatic rings. The molecular formula is C14H19N. The normalized spacial score (nSPS) is 8.93. The van der Waals surface area contributed by atoms with Crippen LogP contribution < -0.4 is 5.32 Å². The Morgan fingerprint density at radius 1 is 0.667 bits per heavy atom. The molecule has 0 saturated carbocycles. The molecule has 0 unspecified atom stereocenters. The van der Waals surface area contributed by atoms with Crippen LogP contribution >= 0.6 is 0 Å². The Balaban J connectivity index is 0.000000511. The average molecular weight is 201 g/mol. The lowest BCUT2D eigenvalue weighted by Gasteiger charge is -1.98. The van der Waals surface area contributed by atoms with E-state index in [1.807, 2.05) is 26.2 Å². The largest absolute Gasteiger partial charge is 0.323 e. The Bertz CT molecular complexity index is 322. The van der Waals surface area contributed by atoms with Crippen molar-refractivity contribution < 1.29 is 1.43 Å². The van der Waals surface area contributed by atoms with Crippen LogP contribution in [0, 0.1) is 0 Å². The van der Waals surface area contributed by atoms with E-state index in [4.69, 9.17) is 0 Å². The summed E-state index contributed by atoms with van der Waals surface area (Å²) >= 11 is 0. The van der Waals surface area contributed by atoms with E-state index in [0.717, 1.165) is 0 Å². The monoisotopic (exact) mass is 201 g/mol. The second-order valence-corrected chi connectivity index (χ2v) is 3.23. The standard InChI is InChI=1S/C12H10.C2H7N.H2/c1-3-7-11(8-4-1)12-9-5-2-6-10-12;1-3-2;/h1-10H;3H,1-2H3;1H. The van der Waals surface area contributed by atoms with E-state index in [0.29, 0.717) is 0 Å². The van der Waals surface area contributed by atoms with Crippen LogP contribution in [0.25, 0.3) is 11.1 Å². The molecule has 0 aliphatic heterocycles. The minimum atomic E-state index is 0. The molecule has 2 aromatic carbocycles. The van der Waals surface area contributed by atoms with Crippen LogP contribution in [0.1, 0.15) is 1.43 Å². The third-order valence-corrected chi connectivity index (χ3v) is 1.88. The van der Waals surface area contributed by atoms with Crippen molar-refractivity contribution in [3.05, 3.63) is 60.7 Å². The molecule has 0 saturated heterocycles. The maximum Gasteiger partial charge on any atom is 0 e. The number of rotatable bonds is 1. The van der Waals surface area contributed by atoms with Crippen molar-refractivity contribution in [3.63, 3.8) is 0 Å². The van der Waals surface area contributed by atoms with Gasteiger partial charge in [0, 0.05) is 1.43 Å². The topological polar surface area (TPSA) is 12.0 Å². The Morgan fingerprint density at radius 2 is 0.933 bits per heavy atom. The van der Waals surface area contributed by atoms with Gasteiger partial charge in [-0.05, 0) is 25.2 Å². The molecule has 1 heteroatoms. The van der Waals surface area contributed by atoms with Gasteiger partial charge < -0.3 is 5.32 Å². The highest BCUT2D eigenvalue weighted by molar-refractivity contribution is 5.62. The van der Waals surface area contributed by atoms with Gasteiger partial charge in [0.05, 0.1) is 0 Å². The van der Waals surface area contributed by atoms with Gasteiger partial charge >= 0.3 is 0 Å². The van der Waals surface area contributed by atoms with Crippen LogP contribution in [0.4, 0.5) is 0 Å². The van der Waals surface area contributed by atoms with E-state index < -0.39 is 0 Å². The first-order valence-corrected chi connectivity index (χ1v) is 5.07. The molecule has 0 bridgehead atoms. The summed E-state index contributed by atoms with van der Waals surface area (Å²) in [6.45, 7) is 0. The molecule has 0 fully saturated rings. The Labute approximate surface area is 93.3 Å². The van der Waals surface area contributed by atoms with E-state index in [1.165, 1.54) is 11.1 Å². The van der Waals surface area contributed by atoms with Crippen LogP contribution in [0.3, 0.4) is 0 Å². The van der Waals surface area contributed by atoms with E-state index in [-0.39, 0.29) is 1.43 Å². The van der Waals surface area contributed by atoms with Gasteiger partial charge in [-0.15, -0.1) is 0 Å². The number of nitrogens with one attached hydrogen (secondary N) is 1. The lowest BCUT2D eigenvalue weighted by Crippen LogP contribution is -1.89. The van der Waals surface area contributed by atoms with Crippen LogP contribution in [-0.4, -0.2) is 14.1 Å². The van der Waals surface area contributed by atoms with Gasteiger partial charge in [-0.1, -0.05) is 60.7 Å². The van der Waals surface area contributed by atoms with Gasteiger partial charge in [-0.3, -0.25) is 0 Å². The fourth-order valence-corrected chi connectivity index (χ4v) is 1.26. The van der Waals surface area contributed by atoms with E-state index in [9.17, 15) is 0 Å². The second-order valence-electron chi connectivity index (χ2n) is 3.23. The Morgan fingerprint density at radius 3 is 1.20 bits per heavy atom. The van der Waals surface area contributed by atoms with E-state index in [1.54, 1.807) is 0 Å². The lowest BCUT2D eigenvalue weighted by molar-refractivity contribution is 1.02. The summed E-state index contributed by atoms with van der Waals surface area (Å²) in [5.74, 6) is 0. The lowest BCUT2D eigenvalue weighted by atomic mass is 10.1. The third kappa shape index (κ3) is 3.96. The van der Waals surface area contributed by atoms with Crippen molar-refractivity contribution in [1.29, 1.82) is 0 Å². The van der Waals surface area contributed by atoms with Gasteiger partial charge in [0.1, 0.15) is 0 Å². The summed E-state index contributed by atoms with van der Waals surface area (Å²) in [5, 5.41) is 2.75. The zero-order valence-electron chi connectivity index (χ0n) is 9.27. The SMILES string of the molecule is CNC.[HH].c1ccc(-c2ccccc2)cc1. The zero-order valence-corrected chi connectivity index (χ0v) is 9.27. The van der Waals surface area contributed by atoms with Crippen molar-refractivity contribution >= 4 is 0 Å². The van der Waals surface area contributed by atoms with Gasteiger partial charge in [0.25, 0.3) is 0 Å². The van der Waals surface area contributed by atoms with Gasteiger partial charge in [0.15, 0.2) is 0 Å². The molecule has 15 heavy (non-hydrogen) atoms. The maximum atomic E-state index is 2.75. The van der Waals surface area contributed by atoms with Crippen molar-refractivity contribution in [2.24, 2.45) is 0 Å². The van der Waals surface area contributed by atoms with Crippen LogP contribution in [0.2, 0.25) is 0 Å². The molecule has 0 aliphatic carbocycles. The number of benzene rings is 2. The van der Waals surface area contributed by atoms with Crippen molar-refractivity contribution in [1.82, 2.24) is 5.32 Å². The van der Waals surface area contributed by atoms with Crippen molar-refractivity contribution in [2.75, 3.05) is 14.1 Å². The molecule has 0 aromatic heterocycles. The summed E-state index contributed by atoms with van der Waals surface area (Å²) < 4.78 is 0. The first kappa shape index (κ1) is 11.5. The van der Waals surface area contributed by atoms with Crippen molar-refractivity contribution in [3.8, 4) is 11.1 Å². The smallest absolute Gasteiger partial charge is 0 e. The summed E-state index contributed by atoms with van der Waals surface area (Å²) in [5.41, 5.74) is 2.55.